The van der Waals surface area contributed by atoms with Gasteiger partial charge in [-0.25, -0.2) is 23.2 Å². The van der Waals surface area contributed by atoms with E-state index in [-0.39, 0.29) is 10.5 Å². The zero-order valence-electron chi connectivity index (χ0n) is 12.1. The Labute approximate surface area is 135 Å². The van der Waals surface area contributed by atoms with Crippen LogP contribution in [0.5, 0.6) is 0 Å². The number of aromatic amines is 1. The molecule has 3 aromatic rings. The number of hydrogen-bond acceptors (Lipinski definition) is 6. The summed E-state index contributed by atoms with van der Waals surface area (Å²) in [6, 6.07) is 5.88. The number of fused-ring (bicyclic) bond motifs is 1. The summed E-state index contributed by atoms with van der Waals surface area (Å²) in [5.74, 6) is 0.769. The van der Waals surface area contributed by atoms with Crippen LogP contribution in [0.1, 0.15) is 6.92 Å². The van der Waals surface area contributed by atoms with Gasteiger partial charge in [0.05, 0.1) is 16.8 Å². The summed E-state index contributed by atoms with van der Waals surface area (Å²) in [5, 5.41) is 10.1. The molecule has 120 valence electrons. The average molecular weight is 351 g/mol. The second kappa shape index (κ2) is 5.80. The van der Waals surface area contributed by atoms with Crippen LogP contribution < -0.4 is 10.7 Å². The Morgan fingerprint density at radius 3 is 2.61 bits per heavy atom. The van der Waals surface area contributed by atoms with Crippen molar-refractivity contribution in [1.29, 1.82) is 0 Å². The topological polar surface area (TPSA) is 124 Å². The van der Waals surface area contributed by atoms with Gasteiger partial charge >= 0.3 is 0 Å². The molecule has 1 aromatic carbocycles. The summed E-state index contributed by atoms with van der Waals surface area (Å²) in [4.78, 5) is 19.1. The minimum absolute atomic E-state index is 0.00532. The van der Waals surface area contributed by atoms with Crippen molar-refractivity contribution in [3.8, 4) is 5.69 Å². The summed E-state index contributed by atoms with van der Waals surface area (Å²) < 4.78 is 24.1. The van der Waals surface area contributed by atoms with Crippen molar-refractivity contribution in [2.75, 3.05) is 5.75 Å². The number of nitrogens with zero attached hydrogens (tertiary/aromatic N) is 3. The quantitative estimate of drug-likeness (QED) is 0.531. The predicted molar refractivity (Wildman–Crippen MR) is 87.3 cm³/mol. The number of sulfonamides is 1. The van der Waals surface area contributed by atoms with Crippen molar-refractivity contribution >= 4 is 32.8 Å². The van der Waals surface area contributed by atoms with Gasteiger partial charge in [-0.3, -0.25) is 4.79 Å². The smallest absolute Gasteiger partial charge is 0.262 e. The summed E-state index contributed by atoms with van der Waals surface area (Å²) in [5.41, 5.74) is 0.726. The highest BCUT2D eigenvalue weighted by Gasteiger charge is 2.13. The van der Waals surface area contributed by atoms with Crippen molar-refractivity contribution in [3.63, 3.8) is 0 Å². The van der Waals surface area contributed by atoms with Crippen LogP contribution in [0.3, 0.4) is 0 Å². The first kappa shape index (κ1) is 15.7. The van der Waals surface area contributed by atoms with E-state index >= 15 is 0 Å². The van der Waals surface area contributed by atoms with Crippen molar-refractivity contribution < 1.29 is 8.42 Å². The van der Waals surface area contributed by atoms with Gasteiger partial charge in [0, 0.05) is 0 Å². The van der Waals surface area contributed by atoms with Crippen LogP contribution in [0, 0.1) is 0 Å². The van der Waals surface area contributed by atoms with Crippen LogP contribution in [0.15, 0.2) is 45.3 Å². The van der Waals surface area contributed by atoms with E-state index in [0.29, 0.717) is 21.9 Å². The lowest BCUT2D eigenvalue weighted by Gasteiger charge is -2.05. The van der Waals surface area contributed by atoms with Gasteiger partial charge in [0.25, 0.3) is 5.56 Å². The lowest BCUT2D eigenvalue weighted by Crippen LogP contribution is -2.12. The fourth-order valence-corrected chi connectivity index (χ4v) is 3.17. The molecule has 0 amide bonds. The molecule has 0 atom stereocenters. The lowest BCUT2D eigenvalue weighted by molar-refractivity contribution is 0.598. The molecular weight excluding hydrogens is 338 g/mol. The molecule has 2 aromatic heterocycles. The molecule has 0 fully saturated rings. The number of aromatic nitrogens is 4. The predicted octanol–water partition coefficient (Wildman–Crippen LogP) is 0.868. The molecule has 3 rings (SSSR count). The highest BCUT2D eigenvalue weighted by atomic mass is 32.2. The van der Waals surface area contributed by atoms with E-state index in [9.17, 15) is 13.2 Å². The first-order valence-electron chi connectivity index (χ1n) is 6.64. The van der Waals surface area contributed by atoms with Crippen LogP contribution in [0.4, 0.5) is 0 Å². The van der Waals surface area contributed by atoms with Crippen molar-refractivity contribution in [1.82, 2.24) is 19.7 Å². The van der Waals surface area contributed by atoms with Gasteiger partial charge in [0.15, 0.2) is 10.8 Å². The monoisotopic (exact) mass is 351 g/mol. The molecule has 0 aliphatic heterocycles. The molecule has 0 aliphatic carbocycles. The van der Waals surface area contributed by atoms with Crippen molar-refractivity contribution in [2.24, 2.45) is 5.14 Å². The second-order valence-electron chi connectivity index (χ2n) is 4.64. The van der Waals surface area contributed by atoms with Gasteiger partial charge in [-0.15, -0.1) is 0 Å². The third-order valence-electron chi connectivity index (χ3n) is 3.11. The van der Waals surface area contributed by atoms with Gasteiger partial charge in [-0.2, -0.15) is 5.10 Å². The first-order valence-corrected chi connectivity index (χ1v) is 9.17. The number of rotatable bonds is 4. The Hall–Kier alpha value is -2.17. The third kappa shape index (κ3) is 3.00. The van der Waals surface area contributed by atoms with Crippen LogP contribution in [0.2, 0.25) is 0 Å². The first-order chi connectivity index (χ1) is 10.9. The third-order valence-corrected chi connectivity index (χ3v) is 4.79. The van der Waals surface area contributed by atoms with E-state index in [1.807, 2.05) is 6.92 Å². The zero-order chi connectivity index (χ0) is 16.6. The fourth-order valence-electron chi connectivity index (χ4n) is 2.07. The number of benzene rings is 1. The highest BCUT2D eigenvalue weighted by Crippen LogP contribution is 2.18. The summed E-state index contributed by atoms with van der Waals surface area (Å²) in [7, 11) is -3.76. The van der Waals surface area contributed by atoms with E-state index < -0.39 is 10.0 Å². The molecule has 0 spiro atoms. The Morgan fingerprint density at radius 1 is 1.30 bits per heavy atom. The molecule has 0 saturated heterocycles. The van der Waals surface area contributed by atoms with Gasteiger partial charge in [-0.1, -0.05) is 18.7 Å². The number of nitrogens with one attached hydrogen (secondary N) is 1. The number of H-pyrrole nitrogens is 1. The molecule has 0 aliphatic rings. The maximum atomic E-state index is 12.0. The standard InChI is InChI=1S/C13H13N5O3S2/c1-2-22-13-16-11-10(12(19)17-13)7-15-18(11)8-3-5-9(6-4-8)23(14,20)21/h3-7H,2H2,1H3,(H2,14,20,21)(H,16,17,19). The summed E-state index contributed by atoms with van der Waals surface area (Å²) >= 11 is 1.41. The molecule has 8 nitrogen and oxygen atoms in total. The summed E-state index contributed by atoms with van der Waals surface area (Å²) in [6.07, 6.45) is 1.43. The van der Waals surface area contributed by atoms with E-state index in [4.69, 9.17) is 5.14 Å². The molecule has 2 heterocycles. The second-order valence-corrected chi connectivity index (χ2v) is 7.45. The van der Waals surface area contributed by atoms with Gasteiger partial charge in [0.2, 0.25) is 10.0 Å². The normalized spacial score (nSPS) is 11.9. The van der Waals surface area contributed by atoms with Gasteiger partial charge in [-0.05, 0) is 30.0 Å². The van der Waals surface area contributed by atoms with E-state index in [1.165, 1.54) is 34.8 Å². The average Bonchev–Trinajstić information content (AvgIpc) is 2.91. The largest absolute Gasteiger partial charge is 0.301 e. The molecule has 0 saturated carbocycles. The molecule has 10 heteroatoms. The Morgan fingerprint density at radius 2 is 2.00 bits per heavy atom. The van der Waals surface area contributed by atoms with Crippen LogP contribution in [-0.2, 0) is 10.0 Å². The minimum Gasteiger partial charge on any atom is -0.301 e. The van der Waals surface area contributed by atoms with Crippen molar-refractivity contribution in [2.45, 2.75) is 17.0 Å². The highest BCUT2D eigenvalue weighted by molar-refractivity contribution is 7.99. The molecule has 0 unspecified atom stereocenters. The van der Waals surface area contributed by atoms with Crippen LogP contribution in [0.25, 0.3) is 16.7 Å². The maximum Gasteiger partial charge on any atom is 0.262 e. The molecule has 23 heavy (non-hydrogen) atoms. The van der Waals surface area contributed by atoms with Crippen LogP contribution in [-0.4, -0.2) is 33.9 Å². The van der Waals surface area contributed by atoms with E-state index in [0.717, 1.165) is 5.75 Å². The van der Waals surface area contributed by atoms with Crippen molar-refractivity contribution in [3.05, 3.63) is 40.8 Å². The SMILES string of the molecule is CCSc1nc2c(cnn2-c2ccc(S(N)(=O)=O)cc2)c(=O)[nH]1. The fraction of sp³-hybridized carbons (Fsp3) is 0.154. The van der Waals surface area contributed by atoms with Gasteiger partial charge < -0.3 is 4.98 Å². The molecule has 0 bridgehead atoms. The number of thioether (sulfide) groups is 1. The molecule has 0 radical (unpaired) electrons. The van der Waals surface area contributed by atoms with Gasteiger partial charge in [0.1, 0.15) is 5.39 Å². The van der Waals surface area contributed by atoms with E-state index in [2.05, 4.69) is 15.1 Å². The Kier molecular flexibility index (Phi) is 3.96. The number of primary sulfonamides is 1. The zero-order valence-corrected chi connectivity index (χ0v) is 13.7. The Bertz CT molecular complexity index is 1020. The molecular formula is C13H13N5O3S2. The van der Waals surface area contributed by atoms with Crippen LogP contribution >= 0.6 is 11.8 Å². The Balaban J connectivity index is 2.14. The minimum atomic E-state index is -3.76. The van der Waals surface area contributed by atoms with E-state index in [1.54, 1.807) is 12.1 Å². The number of hydrogen-bond donors (Lipinski definition) is 2. The lowest BCUT2D eigenvalue weighted by atomic mass is 10.3. The summed E-state index contributed by atoms with van der Waals surface area (Å²) in [6.45, 7) is 1.96. The maximum absolute atomic E-state index is 12.0. The molecule has 3 N–H and O–H groups in total. The number of nitrogens with two attached hydrogens (primary N) is 1.